The van der Waals surface area contributed by atoms with Crippen molar-refractivity contribution in [2.75, 3.05) is 0 Å². The van der Waals surface area contributed by atoms with E-state index in [9.17, 15) is 18.4 Å². The van der Waals surface area contributed by atoms with Crippen LogP contribution in [0.25, 0.3) is 0 Å². The van der Waals surface area contributed by atoms with Crippen molar-refractivity contribution in [2.45, 2.75) is 45.2 Å². The fourth-order valence-corrected chi connectivity index (χ4v) is 1.78. The van der Waals surface area contributed by atoms with Crippen LogP contribution in [0.3, 0.4) is 0 Å². The number of carbonyl (C=O) groups is 2. The molecule has 1 aromatic carbocycles. The van der Waals surface area contributed by atoms with Gasteiger partial charge in [0.1, 0.15) is 11.6 Å². The highest BCUT2D eigenvalue weighted by Gasteiger charge is 2.20. The molecular weight excluding hydrogens is 282 g/mol. The Kier molecular flexibility index (Phi) is 6.78. The number of rotatable bonds is 8. The third-order valence-electron chi connectivity index (χ3n) is 2.96. The molecule has 0 aliphatic rings. The van der Waals surface area contributed by atoms with Gasteiger partial charge in [-0.3, -0.25) is 0 Å². The predicted molar refractivity (Wildman–Crippen MR) is 72.6 cm³/mol. The summed E-state index contributed by atoms with van der Waals surface area (Å²) in [6, 6.07) is 2.84. The summed E-state index contributed by atoms with van der Waals surface area (Å²) in [7, 11) is 0. The summed E-state index contributed by atoms with van der Waals surface area (Å²) in [5.74, 6) is -3.76. The maximum Gasteiger partial charge on any atom is 0.346 e. The first kappa shape index (κ1) is 17.1. The topological polar surface area (TPSA) is 63.6 Å². The molecule has 0 amide bonds. The van der Waals surface area contributed by atoms with Crippen LogP contribution in [-0.2, 0) is 4.79 Å². The average molecular weight is 300 g/mol. The Morgan fingerprint density at radius 3 is 2.57 bits per heavy atom. The molecule has 1 N–H and O–H groups in total. The molecule has 0 saturated carbocycles. The molecule has 0 aliphatic carbocycles. The van der Waals surface area contributed by atoms with E-state index in [1.54, 1.807) is 0 Å². The summed E-state index contributed by atoms with van der Waals surface area (Å²) in [5.41, 5.74) is -0.536. The van der Waals surface area contributed by atoms with Gasteiger partial charge in [-0.15, -0.1) is 0 Å². The second-order valence-corrected chi connectivity index (χ2v) is 4.68. The Labute approximate surface area is 121 Å². The lowest BCUT2D eigenvalue weighted by Gasteiger charge is -2.09. The van der Waals surface area contributed by atoms with Gasteiger partial charge in [0, 0.05) is 6.07 Å². The zero-order valence-corrected chi connectivity index (χ0v) is 11.8. The smallest absolute Gasteiger partial charge is 0.346 e. The summed E-state index contributed by atoms with van der Waals surface area (Å²) in [6.45, 7) is 2.02. The predicted octanol–water partition coefficient (Wildman–Crippen LogP) is 3.74. The number of hydrogen-bond donors (Lipinski definition) is 1. The van der Waals surface area contributed by atoms with Gasteiger partial charge in [0.15, 0.2) is 6.17 Å². The minimum absolute atomic E-state index is 0.0640. The maximum absolute atomic E-state index is 13.6. The third kappa shape index (κ3) is 5.49. The average Bonchev–Trinajstić information content (AvgIpc) is 2.43. The Morgan fingerprint density at radius 1 is 1.29 bits per heavy atom. The van der Waals surface area contributed by atoms with Crippen molar-refractivity contribution in [3.8, 4) is 5.75 Å². The van der Waals surface area contributed by atoms with Gasteiger partial charge in [0.25, 0.3) is 0 Å². The molecule has 1 atom stereocenters. The van der Waals surface area contributed by atoms with Crippen LogP contribution in [0.1, 0.15) is 49.4 Å². The number of alkyl halides is 1. The number of carboxylic acid groups (broad SMARTS) is 1. The Hall–Kier alpha value is -1.98. The number of carboxylic acids is 1. The van der Waals surface area contributed by atoms with Gasteiger partial charge < -0.3 is 9.84 Å². The van der Waals surface area contributed by atoms with Gasteiger partial charge in [-0.25, -0.2) is 18.4 Å². The molecule has 0 saturated heterocycles. The Balaban J connectivity index is 2.54. The molecule has 1 aromatic rings. The normalized spacial score (nSPS) is 12.0. The Bertz CT molecular complexity index is 502. The van der Waals surface area contributed by atoms with Crippen LogP contribution in [-0.4, -0.2) is 23.2 Å². The van der Waals surface area contributed by atoms with E-state index in [0.29, 0.717) is 6.42 Å². The van der Waals surface area contributed by atoms with Crippen molar-refractivity contribution < 1.29 is 28.2 Å². The number of unbranched alkanes of at least 4 members (excludes halogenated alkanes) is 3. The summed E-state index contributed by atoms with van der Waals surface area (Å²) < 4.78 is 31.6. The zero-order valence-electron chi connectivity index (χ0n) is 11.8. The van der Waals surface area contributed by atoms with E-state index in [4.69, 9.17) is 9.84 Å². The molecule has 0 fully saturated rings. The fourth-order valence-electron chi connectivity index (χ4n) is 1.78. The molecular formula is C15H18F2O4. The van der Waals surface area contributed by atoms with E-state index >= 15 is 0 Å². The molecule has 21 heavy (non-hydrogen) atoms. The lowest BCUT2D eigenvalue weighted by molar-refractivity contribution is -0.140. The van der Waals surface area contributed by atoms with Crippen LogP contribution in [0.5, 0.6) is 5.75 Å². The number of hydrogen-bond acceptors (Lipinski definition) is 3. The monoisotopic (exact) mass is 300 g/mol. The van der Waals surface area contributed by atoms with Crippen LogP contribution in [0.4, 0.5) is 8.78 Å². The highest BCUT2D eigenvalue weighted by atomic mass is 19.1. The van der Waals surface area contributed by atoms with E-state index in [0.717, 1.165) is 37.5 Å². The zero-order chi connectivity index (χ0) is 15.8. The quantitative estimate of drug-likeness (QED) is 0.451. The van der Waals surface area contributed by atoms with Gasteiger partial charge in [-0.05, 0) is 25.0 Å². The SMILES string of the molecule is CCCCCC[C@H](F)C(=O)Oc1ccc(C(=O)O)c(F)c1. The standard InChI is InChI=1S/C15H18F2O4/c1-2-3-4-5-6-12(16)15(20)21-10-7-8-11(14(18)19)13(17)9-10/h7-9,12H,2-6H2,1H3,(H,18,19)/t12-/m0/s1. The molecule has 6 heteroatoms. The molecule has 4 nitrogen and oxygen atoms in total. The van der Waals surface area contributed by atoms with Crippen molar-refractivity contribution in [1.82, 2.24) is 0 Å². The van der Waals surface area contributed by atoms with Crippen LogP contribution in [0.15, 0.2) is 18.2 Å². The van der Waals surface area contributed by atoms with Gasteiger partial charge in [0.2, 0.25) is 0 Å². The Morgan fingerprint density at radius 2 is 2.00 bits per heavy atom. The number of ether oxygens (including phenoxy) is 1. The molecule has 116 valence electrons. The van der Waals surface area contributed by atoms with Crippen LogP contribution >= 0.6 is 0 Å². The second kappa shape index (κ2) is 8.34. The molecule has 0 unspecified atom stereocenters. The fraction of sp³-hybridized carbons (Fsp3) is 0.467. The molecule has 0 aromatic heterocycles. The number of carbonyl (C=O) groups excluding carboxylic acids is 1. The number of esters is 1. The molecule has 1 rings (SSSR count). The van der Waals surface area contributed by atoms with Gasteiger partial charge in [0.05, 0.1) is 5.56 Å². The van der Waals surface area contributed by atoms with Crippen LogP contribution in [0, 0.1) is 5.82 Å². The van der Waals surface area contributed by atoms with E-state index in [2.05, 4.69) is 0 Å². The first-order chi connectivity index (χ1) is 9.95. The largest absolute Gasteiger partial charge is 0.478 e. The maximum atomic E-state index is 13.6. The van der Waals surface area contributed by atoms with E-state index < -0.39 is 29.5 Å². The summed E-state index contributed by atoms with van der Waals surface area (Å²) in [4.78, 5) is 22.1. The summed E-state index contributed by atoms with van der Waals surface area (Å²) in [5, 5.41) is 8.66. The minimum Gasteiger partial charge on any atom is -0.478 e. The highest BCUT2D eigenvalue weighted by molar-refractivity contribution is 5.88. The molecule has 0 radical (unpaired) electrons. The molecule has 0 heterocycles. The van der Waals surface area contributed by atoms with Crippen molar-refractivity contribution >= 4 is 11.9 Å². The lowest BCUT2D eigenvalue weighted by atomic mass is 10.1. The van der Waals surface area contributed by atoms with Gasteiger partial charge in [-0.2, -0.15) is 0 Å². The highest BCUT2D eigenvalue weighted by Crippen LogP contribution is 2.18. The third-order valence-corrected chi connectivity index (χ3v) is 2.96. The number of benzene rings is 1. The van der Waals surface area contributed by atoms with E-state index in [-0.39, 0.29) is 12.2 Å². The van der Waals surface area contributed by atoms with Crippen molar-refractivity contribution in [3.05, 3.63) is 29.6 Å². The molecule has 0 aliphatic heterocycles. The minimum atomic E-state index is -1.76. The first-order valence-corrected chi connectivity index (χ1v) is 6.84. The number of halogens is 2. The van der Waals surface area contributed by atoms with Crippen molar-refractivity contribution in [2.24, 2.45) is 0 Å². The van der Waals surface area contributed by atoms with Gasteiger partial charge in [-0.1, -0.05) is 26.2 Å². The lowest BCUT2D eigenvalue weighted by Crippen LogP contribution is -2.21. The first-order valence-electron chi connectivity index (χ1n) is 6.84. The second-order valence-electron chi connectivity index (χ2n) is 4.68. The molecule has 0 bridgehead atoms. The van der Waals surface area contributed by atoms with Crippen molar-refractivity contribution in [3.63, 3.8) is 0 Å². The van der Waals surface area contributed by atoms with E-state index in [1.165, 1.54) is 0 Å². The number of aromatic carboxylic acids is 1. The van der Waals surface area contributed by atoms with Gasteiger partial charge >= 0.3 is 11.9 Å². The summed E-state index contributed by atoms with van der Waals surface area (Å²) >= 11 is 0. The van der Waals surface area contributed by atoms with E-state index in [1.807, 2.05) is 6.92 Å². The summed E-state index contributed by atoms with van der Waals surface area (Å²) in [6.07, 6.45) is 1.71. The van der Waals surface area contributed by atoms with Crippen molar-refractivity contribution in [1.29, 1.82) is 0 Å². The van der Waals surface area contributed by atoms with Crippen LogP contribution in [0.2, 0.25) is 0 Å². The van der Waals surface area contributed by atoms with Crippen LogP contribution < -0.4 is 4.74 Å². The molecule has 0 spiro atoms.